The maximum atomic E-state index is 3.66. The van der Waals surface area contributed by atoms with Crippen molar-refractivity contribution in [3.63, 3.8) is 0 Å². The molecule has 0 aromatic heterocycles. The zero-order chi connectivity index (χ0) is 14.4. The van der Waals surface area contributed by atoms with E-state index < -0.39 is 0 Å². The van der Waals surface area contributed by atoms with E-state index in [-0.39, 0.29) is 0 Å². The van der Waals surface area contributed by atoms with Gasteiger partial charge in [-0.05, 0) is 59.4 Å². The molecular weight excluding hydrogens is 408 g/mol. The van der Waals surface area contributed by atoms with Gasteiger partial charge in [-0.15, -0.1) is 0 Å². The molecule has 0 saturated heterocycles. The summed E-state index contributed by atoms with van der Waals surface area (Å²) in [5.41, 5.74) is 5.55. The van der Waals surface area contributed by atoms with Gasteiger partial charge in [-0.25, -0.2) is 0 Å². The zero-order valence-electron chi connectivity index (χ0n) is 11.2. The third-order valence-electron chi connectivity index (χ3n) is 3.95. The highest BCUT2D eigenvalue weighted by Gasteiger charge is 2.18. The maximum absolute atomic E-state index is 3.66. The summed E-state index contributed by atoms with van der Waals surface area (Å²) in [6.45, 7) is 0. The van der Waals surface area contributed by atoms with Crippen molar-refractivity contribution < 1.29 is 0 Å². The smallest absolute Gasteiger partial charge is 0.0217 e. The fourth-order valence-electron chi connectivity index (χ4n) is 2.90. The van der Waals surface area contributed by atoms with Crippen molar-refractivity contribution in [3.05, 3.63) is 67.6 Å². The number of allylic oxidation sites excluding steroid dienone is 2. The van der Waals surface area contributed by atoms with Crippen LogP contribution in [0.2, 0.25) is 0 Å². The van der Waals surface area contributed by atoms with Gasteiger partial charge < -0.3 is 0 Å². The summed E-state index contributed by atoms with van der Waals surface area (Å²) >= 11 is 9.19. The molecule has 2 aromatic rings. The van der Waals surface area contributed by atoms with Gasteiger partial charge in [0.05, 0.1) is 0 Å². The van der Waals surface area contributed by atoms with Crippen LogP contribution in [0.1, 0.15) is 22.3 Å². The normalized spacial score (nSPS) is 14.6. The molecule has 104 valence electrons. The van der Waals surface area contributed by atoms with E-state index in [1.54, 1.807) is 0 Å². The molecule has 2 aliphatic rings. The van der Waals surface area contributed by atoms with Gasteiger partial charge in [0.1, 0.15) is 0 Å². The molecule has 0 saturated carbocycles. The molecule has 0 radical (unpaired) electrons. The molecule has 0 aliphatic heterocycles. The Kier molecular flexibility index (Phi) is 3.60. The minimum atomic E-state index is 1.03. The minimum Gasteiger partial charge on any atom is -0.0888 e. The molecule has 0 unspecified atom stereocenters. The second-order valence-electron chi connectivity index (χ2n) is 5.19. The van der Waals surface area contributed by atoms with Crippen molar-refractivity contribution in [1.82, 2.24) is 0 Å². The van der Waals surface area contributed by atoms with Gasteiger partial charge >= 0.3 is 0 Å². The fraction of sp³-hybridized carbons (Fsp3) is 0.111. The summed E-state index contributed by atoms with van der Waals surface area (Å²) in [5.74, 6) is 0. The first-order valence-electron chi connectivity index (χ1n) is 6.88. The van der Waals surface area contributed by atoms with Crippen molar-refractivity contribution in [1.29, 1.82) is 0 Å². The summed E-state index contributed by atoms with van der Waals surface area (Å²) in [6, 6.07) is 8.78. The maximum Gasteiger partial charge on any atom is 0.0217 e. The molecule has 2 aliphatic carbocycles. The van der Waals surface area contributed by atoms with Gasteiger partial charge in [0, 0.05) is 18.7 Å². The highest BCUT2D eigenvalue weighted by Crippen LogP contribution is 2.42. The van der Waals surface area contributed by atoms with Gasteiger partial charge in [-0.1, -0.05) is 67.9 Å². The molecule has 4 rings (SSSR count). The predicted molar refractivity (Wildman–Crippen MR) is 97.9 cm³/mol. The molecule has 21 heavy (non-hydrogen) atoms. The molecule has 0 amide bonds. The Morgan fingerprint density at radius 1 is 0.714 bits per heavy atom. The number of rotatable bonds is 2. The Morgan fingerprint density at radius 2 is 1.19 bits per heavy atom. The molecule has 0 atom stereocenters. The molecule has 0 nitrogen and oxygen atoms in total. The van der Waals surface area contributed by atoms with E-state index in [4.69, 9.17) is 0 Å². The first kappa shape index (κ1) is 13.9. The Morgan fingerprint density at radius 3 is 1.67 bits per heavy atom. The summed E-state index contributed by atoms with van der Waals surface area (Å²) in [5, 5.41) is 0. The van der Waals surface area contributed by atoms with Crippen molar-refractivity contribution in [2.24, 2.45) is 0 Å². The van der Waals surface area contributed by atoms with E-state index in [1.165, 1.54) is 41.0 Å². The van der Waals surface area contributed by atoms with Crippen LogP contribution in [0.5, 0.6) is 0 Å². The van der Waals surface area contributed by atoms with E-state index in [9.17, 15) is 0 Å². The van der Waals surface area contributed by atoms with Gasteiger partial charge in [0.2, 0.25) is 0 Å². The summed E-state index contributed by atoms with van der Waals surface area (Å²) in [7, 11) is 0. The minimum absolute atomic E-state index is 1.03. The lowest BCUT2D eigenvalue weighted by Gasteiger charge is -2.12. The van der Waals surface area contributed by atoms with Crippen LogP contribution in [0.4, 0.5) is 0 Å². The SMILES string of the molecule is Brc1ccc(Sc2ccc(Br)c3c2C=CC3)c2c1CC=C2. The predicted octanol–water partition coefficient (Wildman–Crippen LogP) is 6.50. The van der Waals surface area contributed by atoms with Crippen LogP contribution in [-0.2, 0) is 12.8 Å². The first-order valence-corrected chi connectivity index (χ1v) is 9.28. The van der Waals surface area contributed by atoms with Crippen LogP contribution in [-0.4, -0.2) is 0 Å². The molecule has 3 heteroatoms. The molecule has 0 bridgehead atoms. The lowest BCUT2D eigenvalue weighted by molar-refractivity contribution is 1.22. The van der Waals surface area contributed by atoms with Gasteiger partial charge in [0.15, 0.2) is 0 Å². The van der Waals surface area contributed by atoms with Gasteiger partial charge in [-0.2, -0.15) is 0 Å². The lowest BCUT2D eigenvalue weighted by atomic mass is 10.1. The molecule has 0 fully saturated rings. The Balaban J connectivity index is 1.79. The number of benzene rings is 2. The number of hydrogen-bond donors (Lipinski definition) is 0. The monoisotopic (exact) mass is 418 g/mol. The summed E-state index contributed by atoms with van der Waals surface area (Å²) in [6.07, 6.45) is 11.0. The Labute approximate surface area is 145 Å². The topological polar surface area (TPSA) is 0 Å². The summed E-state index contributed by atoms with van der Waals surface area (Å²) in [4.78, 5) is 2.68. The molecular formula is C18H12Br2S. The fourth-order valence-corrected chi connectivity index (χ4v) is 5.03. The highest BCUT2D eigenvalue weighted by molar-refractivity contribution is 9.10. The molecule has 2 aromatic carbocycles. The van der Waals surface area contributed by atoms with Crippen LogP contribution in [0, 0.1) is 0 Å². The second kappa shape index (κ2) is 5.45. The van der Waals surface area contributed by atoms with Crippen LogP contribution < -0.4 is 0 Å². The number of hydrogen-bond acceptors (Lipinski definition) is 1. The van der Waals surface area contributed by atoms with E-state index >= 15 is 0 Å². The van der Waals surface area contributed by atoms with Crippen molar-refractivity contribution in [2.45, 2.75) is 22.6 Å². The van der Waals surface area contributed by atoms with Crippen molar-refractivity contribution >= 4 is 55.8 Å². The van der Waals surface area contributed by atoms with Crippen LogP contribution in [0.25, 0.3) is 12.2 Å². The van der Waals surface area contributed by atoms with Crippen LogP contribution in [0.15, 0.2) is 55.2 Å². The van der Waals surface area contributed by atoms with E-state index in [0.717, 1.165) is 12.8 Å². The highest BCUT2D eigenvalue weighted by atomic mass is 79.9. The second-order valence-corrected chi connectivity index (χ2v) is 7.98. The molecule has 0 spiro atoms. The number of halogens is 2. The average molecular weight is 420 g/mol. The van der Waals surface area contributed by atoms with Crippen molar-refractivity contribution in [2.75, 3.05) is 0 Å². The zero-order valence-corrected chi connectivity index (χ0v) is 15.2. The third kappa shape index (κ3) is 2.36. The van der Waals surface area contributed by atoms with E-state index in [1.807, 2.05) is 11.8 Å². The van der Waals surface area contributed by atoms with Crippen LogP contribution >= 0.6 is 43.6 Å². The molecule has 0 N–H and O–H groups in total. The third-order valence-corrected chi connectivity index (χ3v) is 6.59. The molecule has 0 heterocycles. The van der Waals surface area contributed by atoms with Crippen LogP contribution in [0.3, 0.4) is 0 Å². The largest absolute Gasteiger partial charge is 0.0888 e. The average Bonchev–Trinajstić information content (AvgIpc) is 3.14. The van der Waals surface area contributed by atoms with Crippen molar-refractivity contribution in [3.8, 4) is 0 Å². The Bertz CT molecular complexity index is 736. The van der Waals surface area contributed by atoms with Gasteiger partial charge in [0.25, 0.3) is 0 Å². The lowest BCUT2D eigenvalue weighted by Crippen LogP contribution is -1.90. The Hall–Kier alpha value is -0.770. The van der Waals surface area contributed by atoms with E-state index in [0.29, 0.717) is 0 Å². The standard InChI is InChI=1S/C18H12Br2S/c19-15-7-9-17(13-5-1-3-11(13)15)21-18-10-8-16(20)12-4-2-6-14(12)18/h1-2,5-10H,3-4H2. The summed E-state index contributed by atoms with van der Waals surface area (Å²) < 4.78 is 2.43. The van der Waals surface area contributed by atoms with E-state index in [2.05, 4.69) is 80.4 Å². The van der Waals surface area contributed by atoms with Gasteiger partial charge in [-0.3, -0.25) is 0 Å². The first-order chi connectivity index (χ1) is 10.2. The number of fused-ring (bicyclic) bond motifs is 2. The quantitative estimate of drug-likeness (QED) is 0.535.